The van der Waals surface area contributed by atoms with Crippen LogP contribution in [0.15, 0.2) is 24.3 Å². The number of hydrogen-bond donors (Lipinski definition) is 0. The Bertz CT molecular complexity index is 534. The SMILES string of the molecule is CCCCC[C@@H]1CCC[C@@H](c2ccc(CCC3CCC(CCCC)CC3)cc2)C1. The van der Waals surface area contributed by atoms with Gasteiger partial charge in [0.1, 0.15) is 0 Å². The first-order valence-electron chi connectivity index (χ1n) is 13.4. The zero-order chi connectivity index (χ0) is 20.3. The average Bonchev–Trinajstić information content (AvgIpc) is 2.78. The first-order chi connectivity index (χ1) is 14.3. The molecule has 2 aliphatic carbocycles. The van der Waals surface area contributed by atoms with Gasteiger partial charge in [0, 0.05) is 0 Å². The maximum atomic E-state index is 2.48. The quantitative estimate of drug-likeness (QED) is 0.327. The summed E-state index contributed by atoms with van der Waals surface area (Å²) in [6.07, 6.45) is 24.5. The molecule has 0 spiro atoms. The lowest BCUT2D eigenvalue weighted by Crippen LogP contribution is -2.15. The van der Waals surface area contributed by atoms with Crippen molar-refractivity contribution in [2.24, 2.45) is 17.8 Å². The van der Waals surface area contributed by atoms with E-state index in [0.29, 0.717) is 0 Å². The molecule has 0 heteroatoms. The number of hydrogen-bond acceptors (Lipinski definition) is 0. The predicted molar refractivity (Wildman–Crippen MR) is 129 cm³/mol. The van der Waals surface area contributed by atoms with E-state index in [1.807, 2.05) is 0 Å². The summed E-state index contributed by atoms with van der Waals surface area (Å²) in [6, 6.07) is 9.89. The van der Waals surface area contributed by atoms with E-state index in [9.17, 15) is 0 Å². The minimum Gasteiger partial charge on any atom is -0.0654 e. The highest BCUT2D eigenvalue weighted by atomic mass is 14.3. The largest absolute Gasteiger partial charge is 0.0654 e. The highest BCUT2D eigenvalue weighted by Crippen LogP contribution is 2.39. The molecule has 164 valence electrons. The Kier molecular flexibility index (Phi) is 10.1. The summed E-state index contributed by atoms with van der Waals surface area (Å²) in [5, 5.41) is 0. The summed E-state index contributed by atoms with van der Waals surface area (Å²) < 4.78 is 0. The van der Waals surface area contributed by atoms with E-state index in [-0.39, 0.29) is 0 Å². The van der Waals surface area contributed by atoms with Gasteiger partial charge in [-0.1, -0.05) is 122 Å². The topological polar surface area (TPSA) is 0 Å². The van der Waals surface area contributed by atoms with Crippen molar-refractivity contribution >= 4 is 0 Å². The van der Waals surface area contributed by atoms with Gasteiger partial charge in [-0.3, -0.25) is 0 Å². The monoisotopic (exact) mass is 396 g/mol. The summed E-state index contributed by atoms with van der Waals surface area (Å²) >= 11 is 0. The van der Waals surface area contributed by atoms with Crippen LogP contribution >= 0.6 is 0 Å². The van der Waals surface area contributed by atoms with Crippen molar-refractivity contribution in [1.82, 2.24) is 0 Å². The summed E-state index contributed by atoms with van der Waals surface area (Å²) in [7, 11) is 0. The first kappa shape index (κ1) is 22.9. The van der Waals surface area contributed by atoms with Crippen LogP contribution in [0.5, 0.6) is 0 Å². The van der Waals surface area contributed by atoms with Crippen molar-refractivity contribution in [3.63, 3.8) is 0 Å². The number of aryl methyl sites for hydroxylation is 1. The van der Waals surface area contributed by atoms with Gasteiger partial charge < -0.3 is 0 Å². The molecule has 0 N–H and O–H groups in total. The van der Waals surface area contributed by atoms with E-state index in [1.54, 1.807) is 11.1 Å². The molecular formula is C29H48. The Hall–Kier alpha value is -0.780. The molecular weight excluding hydrogens is 348 g/mol. The summed E-state index contributed by atoms with van der Waals surface area (Å²) in [6.45, 7) is 4.65. The Morgan fingerprint density at radius 1 is 0.655 bits per heavy atom. The molecule has 29 heavy (non-hydrogen) atoms. The van der Waals surface area contributed by atoms with Crippen LogP contribution in [0, 0.1) is 17.8 Å². The van der Waals surface area contributed by atoms with Crippen molar-refractivity contribution in [3.8, 4) is 0 Å². The zero-order valence-corrected chi connectivity index (χ0v) is 19.6. The minimum absolute atomic E-state index is 0.836. The maximum absolute atomic E-state index is 2.48. The molecule has 2 fully saturated rings. The standard InChI is InChI=1S/C29H48/c1-3-5-7-10-27-11-8-12-29(23-27)28-21-19-26(20-22-28)18-17-25-15-13-24(14-16-25)9-6-4-2/h19-22,24-25,27,29H,3-18,23H2,1-2H3/t24?,25?,27-,29-/m1/s1. The van der Waals surface area contributed by atoms with Crippen LogP contribution < -0.4 is 0 Å². The molecule has 0 amide bonds. The summed E-state index contributed by atoms with van der Waals surface area (Å²) in [5.74, 6) is 3.87. The minimum atomic E-state index is 0.836. The summed E-state index contributed by atoms with van der Waals surface area (Å²) in [5.41, 5.74) is 3.21. The van der Waals surface area contributed by atoms with E-state index in [1.165, 1.54) is 109 Å². The van der Waals surface area contributed by atoms with Crippen LogP contribution in [0.1, 0.15) is 134 Å². The predicted octanol–water partition coefficient (Wildman–Crippen LogP) is 9.47. The van der Waals surface area contributed by atoms with Crippen molar-refractivity contribution in [1.29, 1.82) is 0 Å². The molecule has 0 bridgehead atoms. The maximum Gasteiger partial charge on any atom is -0.0159 e. The van der Waals surface area contributed by atoms with Crippen LogP contribution in [0.3, 0.4) is 0 Å². The van der Waals surface area contributed by atoms with Gasteiger partial charge in [0.05, 0.1) is 0 Å². The molecule has 1 aromatic carbocycles. The molecule has 0 radical (unpaired) electrons. The van der Waals surface area contributed by atoms with Gasteiger partial charge in [-0.25, -0.2) is 0 Å². The fourth-order valence-electron chi connectivity index (χ4n) is 6.17. The van der Waals surface area contributed by atoms with E-state index in [2.05, 4.69) is 38.1 Å². The first-order valence-corrected chi connectivity index (χ1v) is 13.4. The molecule has 1 aromatic rings. The number of rotatable bonds is 11. The second-order valence-electron chi connectivity index (χ2n) is 10.5. The second-order valence-corrected chi connectivity index (χ2v) is 10.5. The van der Waals surface area contributed by atoms with Crippen molar-refractivity contribution in [2.45, 2.75) is 129 Å². The lowest BCUT2D eigenvalue weighted by Gasteiger charge is -2.30. The van der Waals surface area contributed by atoms with Crippen LogP contribution in [0.25, 0.3) is 0 Å². The van der Waals surface area contributed by atoms with Crippen molar-refractivity contribution in [3.05, 3.63) is 35.4 Å². The summed E-state index contributed by atoms with van der Waals surface area (Å²) in [4.78, 5) is 0. The van der Waals surface area contributed by atoms with E-state index >= 15 is 0 Å². The molecule has 0 aliphatic heterocycles. The fraction of sp³-hybridized carbons (Fsp3) is 0.793. The van der Waals surface area contributed by atoms with Gasteiger partial charge in [0.2, 0.25) is 0 Å². The van der Waals surface area contributed by atoms with Gasteiger partial charge in [0.15, 0.2) is 0 Å². The van der Waals surface area contributed by atoms with Crippen LogP contribution in [0.2, 0.25) is 0 Å². The molecule has 0 heterocycles. The Morgan fingerprint density at radius 2 is 1.31 bits per heavy atom. The second kappa shape index (κ2) is 12.8. The van der Waals surface area contributed by atoms with Crippen LogP contribution in [0.4, 0.5) is 0 Å². The lowest BCUT2D eigenvalue weighted by molar-refractivity contribution is 0.250. The van der Waals surface area contributed by atoms with Crippen molar-refractivity contribution < 1.29 is 0 Å². The lowest BCUT2D eigenvalue weighted by atomic mass is 9.76. The van der Waals surface area contributed by atoms with Gasteiger partial charge in [-0.2, -0.15) is 0 Å². The van der Waals surface area contributed by atoms with E-state index < -0.39 is 0 Å². The molecule has 0 aromatic heterocycles. The highest BCUT2D eigenvalue weighted by molar-refractivity contribution is 5.26. The molecule has 0 nitrogen and oxygen atoms in total. The molecule has 0 unspecified atom stereocenters. The molecule has 2 saturated carbocycles. The number of benzene rings is 1. The van der Waals surface area contributed by atoms with Gasteiger partial charge in [-0.05, 0) is 60.5 Å². The highest BCUT2D eigenvalue weighted by Gasteiger charge is 2.23. The smallest absolute Gasteiger partial charge is 0.0159 e. The van der Waals surface area contributed by atoms with Gasteiger partial charge in [-0.15, -0.1) is 0 Å². The molecule has 2 atom stereocenters. The normalized spacial score (nSPS) is 27.8. The zero-order valence-electron chi connectivity index (χ0n) is 19.6. The number of unbranched alkanes of at least 4 members (excludes halogenated alkanes) is 3. The fourth-order valence-corrected chi connectivity index (χ4v) is 6.17. The Balaban J connectivity index is 1.39. The third kappa shape index (κ3) is 7.76. The van der Waals surface area contributed by atoms with E-state index in [0.717, 1.165) is 23.7 Å². The van der Waals surface area contributed by atoms with Gasteiger partial charge >= 0.3 is 0 Å². The molecule has 0 saturated heterocycles. The molecule has 2 aliphatic rings. The third-order valence-corrected chi connectivity index (χ3v) is 8.22. The Labute approximate surface area is 182 Å². The van der Waals surface area contributed by atoms with Crippen LogP contribution in [-0.4, -0.2) is 0 Å². The van der Waals surface area contributed by atoms with Gasteiger partial charge in [0.25, 0.3) is 0 Å². The van der Waals surface area contributed by atoms with E-state index in [4.69, 9.17) is 0 Å². The molecule has 3 rings (SSSR count). The average molecular weight is 397 g/mol. The third-order valence-electron chi connectivity index (χ3n) is 8.22. The van der Waals surface area contributed by atoms with Crippen molar-refractivity contribution in [2.75, 3.05) is 0 Å². The van der Waals surface area contributed by atoms with Crippen LogP contribution in [-0.2, 0) is 6.42 Å². The Morgan fingerprint density at radius 3 is 2.00 bits per heavy atom.